The molecule has 5 aliphatic rings. The summed E-state index contributed by atoms with van der Waals surface area (Å²) in [5.41, 5.74) is 2.71. The molecule has 1 N–H and O–H groups in total. The normalized spacial score (nSPS) is 41.6. The molecular formula is C28H40N2O5. The average molecular weight is 485 g/mol. The van der Waals surface area contributed by atoms with Gasteiger partial charge in [0, 0.05) is 12.5 Å². The Morgan fingerprint density at radius 2 is 1.89 bits per heavy atom. The Hall–Kier alpha value is -2.18. The Kier molecular flexibility index (Phi) is 6.33. The van der Waals surface area contributed by atoms with Crippen LogP contribution in [0.1, 0.15) is 85.0 Å². The third-order valence-corrected chi connectivity index (χ3v) is 10.7. The van der Waals surface area contributed by atoms with E-state index in [2.05, 4.69) is 25.1 Å². The number of ketones is 1. The molecule has 1 aliphatic heterocycles. The Labute approximate surface area is 208 Å². The summed E-state index contributed by atoms with van der Waals surface area (Å²) in [4.78, 5) is 43.0. The molecule has 5 rings (SSSR count). The summed E-state index contributed by atoms with van der Waals surface area (Å²) < 4.78 is 0. The van der Waals surface area contributed by atoms with E-state index in [-0.39, 0.29) is 29.3 Å². The number of aliphatic carboxylic acids is 1. The number of fused-ring (bicyclic) bond motifs is 5. The van der Waals surface area contributed by atoms with Gasteiger partial charge < -0.3 is 14.8 Å². The second-order valence-electron chi connectivity index (χ2n) is 12.2. The molecule has 4 aliphatic carbocycles. The molecule has 0 aromatic rings. The number of carboxylic acid groups (broad SMARTS) is 1. The Morgan fingerprint density at radius 3 is 2.63 bits per heavy atom. The number of carbonyl (C=O) groups excluding carboxylic acids is 2. The molecule has 7 heteroatoms. The minimum atomic E-state index is -0.952. The average Bonchev–Trinajstić information content (AvgIpc) is 3.44. The lowest BCUT2D eigenvalue weighted by Gasteiger charge is -2.58. The fourth-order valence-corrected chi connectivity index (χ4v) is 8.89. The number of carbonyl (C=O) groups is 3. The van der Waals surface area contributed by atoms with Crippen LogP contribution < -0.4 is 0 Å². The number of carboxylic acids is 1. The van der Waals surface area contributed by atoms with Crippen molar-refractivity contribution in [2.45, 2.75) is 91.0 Å². The third kappa shape index (κ3) is 4.03. The monoisotopic (exact) mass is 484 g/mol. The molecule has 0 unspecified atom stereocenters. The van der Waals surface area contributed by atoms with Gasteiger partial charge in [-0.15, -0.1) is 0 Å². The largest absolute Gasteiger partial charge is 0.480 e. The van der Waals surface area contributed by atoms with Crippen molar-refractivity contribution in [1.29, 1.82) is 0 Å². The molecule has 0 spiro atoms. The molecule has 4 fully saturated rings. The Morgan fingerprint density at radius 1 is 1.09 bits per heavy atom. The van der Waals surface area contributed by atoms with E-state index in [1.54, 1.807) is 6.92 Å². The molecule has 0 bridgehead atoms. The first kappa shape index (κ1) is 24.5. The highest BCUT2D eigenvalue weighted by molar-refractivity contribution is 5.96. The molecule has 0 radical (unpaired) electrons. The summed E-state index contributed by atoms with van der Waals surface area (Å²) in [6.45, 7) is 6.88. The number of hydrogen-bond donors (Lipinski definition) is 1. The number of likely N-dealkylation sites (tertiary alicyclic amines) is 1. The van der Waals surface area contributed by atoms with E-state index in [1.165, 1.54) is 29.7 Å². The number of amides is 1. The van der Waals surface area contributed by atoms with Crippen LogP contribution in [0.2, 0.25) is 0 Å². The molecule has 7 atom stereocenters. The first-order chi connectivity index (χ1) is 16.6. The smallest absolute Gasteiger partial charge is 0.326 e. The highest BCUT2D eigenvalue weighted by Crippen LogP contribution is 2.66. The summed E-state index contributed by atoms with van der Waals surface area (Å²) >= 11 is 0. The minimum Gasteiger partial charge on any atom is -0.480 e. The van der Waals surface area contributed by atoms with Gasteiger partial charge in [-0.25, -0.2) is 4.79 Å². The molecule has 0 aromatic carbocycles. The van der Waals surface area contributed by atoms with E-state index in [0.29, 0.717) is 42.9 Å². The molecular weight excluding hydrogens is 444 g/mol. The minimum absolute atomic E-state index is 0.178. The van der Waals surface area contributed by atoms with Gasteiger partial charge in [0.2, 0.25) is 0 Å². The van der Waals surface area contributed by atoms with Crippen LogP contribution in [0, 0.1) is 34.5 Å². The van der Waals surface area contributed by atoms with Crippen molar-refractivity contribution in [2.75, 3.05) is 13.2 Å². The second kappa shape index (κ2) is 9.04. The van der Waals surface area contributed by atoms with Crippen LogP contribution in [0.4, 0.5) is 0 Å². The van der Waals surface area contributed by atoms with Crippen LogP contribution in [-0.4, -0.2) is 52.6 Å². The maximum atomic E-state index is 12.5. The quantitative estimate of drug-likeness (QED) is 0.575. The zero-order valence-corrected chi connectivity index (χ0v) is 21.4. The molecule has 7 nitrogen and oxygen atoms in total. The van der Waals surface area contributed by atoms with Crippen LogP contribution in [0.15, 0.2) is 16.8 Å². The molecule has 3 saturated carbocycles. The van der Waals surface area contributed by atoms with Crippen molar-refractivity contribution in [3.8, 4) is 0 Å². The van der Waals surface area contributed by atoms with E-state index in [0.717, 1.165) is 37.8 Å². The Bertz CT molecular complexity index is 972. The highest BCUT2D eigenvalue weighted by atomic mass is 16.6. The van der Waals surface area contributed by atoms with Gasteiger partial charge in [-0.2, -0.15) is 0 Å². The molecule has 1 saturated heterocycles. The lowest BCUT2D eigenvalue weighted by atomic mass is 9.46. The van der Waals surface area contributed by atoms with Gasteiger partial charge in [0.15, 0.2) is 6.61 Å². The predicted octanol–water partition coefficient (Wildman–Crippen LogP) is 4.60. The summed E-state index contributed by atoms with van der Waals surface area (Å²) in [6.07, 6.45) is 12.2. The van der Waals surface area contributed by atoms with Gasteiger partial charge in [-0.3, -0.25) is 9.59 Å². The van der Waals surface area contributed by atoms with E-state index in [9.17, 15) is 19.5 Å². The number of allylic oxidation sites excluding steroid dienone is 2. The van der Waals surface area contributed by atoms with E-state index < -0.39 is 12.0 Å². The van der Waals surface area contributed by atoms with Crippen LogP contribution in [0.25, 0.3) is 0 Å². The summed E-state index contributed by atoms with van der Waals surface area (Å²) in [6, 6.07) is -0.741. The van der Waals surface area contributed by atoms with E-state index in [1.807, 2.05) is 0 Å². The van der Waals surface area contributed by atoms with Gasteiger partial charge in [0.05, 0.1) is 5.71 Å². The van der Waals surface area contributed by atoms with Crippen molar-refractivity contribution in [3.05, 3.63) is 11.6 Å². The van der Waals surface area contributed by atoms with Crippen molar-refractivity contribution in [3.63, 3.8) is 0 Å². The second-order valence-corrected chi connectivity index (χ2v) is 12.2. The van der Waals surface area contributed by atoms with Crippen molar-refractivity contribution >= 4 is 23.4 Å². The number of Topliss-reactive ketones (excluding diaryl/α,β-unsaturated/α-hetero) is 1. The molecule has 0 aromatic heterocycles. The number of oxime groups is 1. The fourth-order valence-electron chi connectivity index (χ4n) is 8.89. The number of rotatable bonds is 5. The molecule has 192 valence electrons. The fraction of sp³-hybridized carbons (Fsp3) is 0.786. The zero-order chi connectivity index (χ0) is 25.0. The Balaban J connectivity index is 1.24. The lowest BCUT2D eigenvalue weighted by molar-refractivity contribution is -0.150. The molecule has 1 amide bonds. The maximum Gasteiger partial charge on any atom is 0.326 e. The van der Waals surface area contributed by atoms with Crippen molar-refractivity contribution in [1.82, 2.24) is 4.90 Å². The van der Waals surface area contributed by atoms with Crippen LogP contribution in [0.3, 0.4) is 0 Å². The SMILES string of the molecule is CC(=O)[C@H]1CC[C@H]2[C@@H]3CCC4=C/C(=N\OCC(=O)N5CCC[C@H]5C(=O)O)CC[C@]4(C)[C@H]3CC[C@]12C. The number of hydrogen-bond acceptors (Lipinski definition) is 5. The van der Waals surface area contributed by atoms with E-state index >= 15 is 0 Å². The standard InChI is InChI=1S/C28H40N2O5/c1-17(31)21-8-9-22-20-7-6-18-15-19(10-12-27(18,2)23(20)11-13-28(21,22)3)29-35-16-25(32)30-14-4-5-24(30)26(33)34/h15,20-24H,4-14,16H2,1-3H3,(H,33,34)/b29-19-/t20-,21+,22-,23-,24-,27-,28+/m0/s1. The maximum absolute atomic E-state index is 12.5. The summed E-state index contributed by atoms with van der Waals surface area (Å²) in [5.74, 6) is 1.41. The lowest BCUT2D eigenvalue weighted by Crippen LogP contribution is -2.51. The summed E-state index contributed by atoms with van der Waals surface area (Å²) in [7, 11) is 0. The van der Waals surface area contributed by atoms with Crippen molar-refractivity contribution in [2.24, 2.45) is 39.7 Å². The highest BCUT2D eigenvalue weighted by Gasteiger charge is 2.59. The van der Waals surface area contributed by atoms with Crippen LogP contribution in [0.5, 0.6) is 0 Å². The first-order valence-corrected chi connectivity index (χ1v) is 13.6. The van der Waals surface area contributed by atoms with Gasteiger partial charge in [-0.1, -0.05) is 24.6 Å². The van der Waals surface area contributed by atoms with Gasteiger partial charge in [0.25, 0.3) is 5.91 Å². The van der Waals surface area contributed by atoms with Gasteiger partial charge in [-0.05, 0) is 106 Å². The van der Waals surface area contributed by atoms with Gasteiger partial charge >= 0.3 is 5.97 Å². The summed E-state index contributed by atoms with van der Waals surface area (Å²) in [5, 5.41) is 13.6. The van der Waals surface area contributed by atoms with Crippen molar-refractivity contribution < 1.29 is 24.3 Å². The first-order valence-electron chi connectivity index (χ1n) is 13.6. The third-order valence-electron chi connectivity index (χ3n) is 10.7. The van der Waals surface area contributed by atoms with Gasteiger partial charge in [0.1, 0.15) is 11.8 Å². The van der Waals surface area contributed by atoms with Crippen LogP contribution in [-0.2, 0) is 19.2 Å². The zero-order valence-electron chi connectivity index (χ0n) is 21.4. The topological polar surface area (TPSA) is 96.3 Å². The number of nitrogens with zero attached hydrogens (tertiary/aromatic N) is 2. The predicted molar refractivity (Wildman–Crippen MR) is 132 cm³/mol. The van der Waals surface area contributed by atoms with E-state index in [4.69, 9.17) is 4.84 Å². The molecule has 1 heterocycles. The van der Waals surface area contributed by atoms with Crippen LogP contribution >= 0.6 is 0 Å². The molecule has 35 heavy (non-hydrogen) atoms.